The van der Waals surface area contributed by atoms with Gasteiger partial charge in [-0.15, -0.1) is 0 Å². The molecule has 0 N–H and O–H groups in total. The largest absolute Gasteiger partial charge is 0.278 e. The molecule has 9 aromatic carbocycles. The zero-order valence-corrected chi connectivity index (χ0v) is 32.8. The second-order valence-electron chi connectivity index (χ2n) is 16.9. The number of aromatic nitrogens is 6. The summed E-state index contributed by atoms with van der Waals surface area (Å²) in [6.45, 7) is 0. The van der Waals surface area contributed by atoms with Crippen LogP contribution in [0.2, 0.25) is 0 Å². The molecule has 0 unspecified atom stereocenters. The molecule has 4 heterocycles. The van der Waals surface area contributed by atoms with E-state index in [0.29, 0.717) is 17.5 Å². The van der Waals surface area contributed by atoms with Crippen molar-refractivity contribution in [2.75, 3.05) is 0 Å². The van der Waals surface area contributed by atoms with Crippen molar-refractivity contribution in [3.8, 4) is 78.9 Å². The topological polar surface area (TPSA) is 61.4 Å². The van der Waals surface area contributed by atoms with Crippen LogP contribution in [0.3, 0.4) is 0 Å². The molecule has 282 valence electrons. The first-order chi connectivity index (χ1) is 30.8. The highest BCUT2D eigenvalue weighted by Crippen LogP contribution is 2.52. The molecule has 0 fully saturated rings. The van der Waals surface area contributed by atoms with E-state index < -0.39 is 0 Å². The van der Waals surface area contributed by atoms with Gasteiger partial charge >= 0.3 is 0 Å². The highest BCUT2D eigenvalue weighted by atomic mass is 15.2. The Balaban J connectivity index is 1.04. The minimum Gasteiger partial charge on any atom is -0.278 e. The third-order valence-electron chi connectivity index (χ3n) is 14.0. The summed E-state index contributed by atoms with van der Waals surface area (Å²) in [4.78, 5) is 22.0. The molecular weight excluding hydrogens is 757 g/mol. The van der Waals surface area contributed by atoms with Crippen LogP contribution >= 0.6 is 0 Å². The van der Waals surface area contributed by atoms with Crippen molar-refractivity contribution in [2.24, 2.45) is 0 Å². The summed E-state index contributed by atoms with van der Waals surface area (Å²) >= 11 is 0. The van der Waals surface area contributed by atoms with Crippen molar-refractivity contribution in [3.05, 3.63) is 170 Å². The Morgan fingerprint density at radius 2 is 0.597 bits per heavy atom. The first-order valence-corrected chi connectivity index (χ1v) is 21.2. The monoisotopic (exact) mass is 784 g/mol. The average molecular weight is 785 g/mol. The summed E-state index contributed by atoms with van der Waals surface area (Å²) in [7, 11) is 0. The van der Waals surface area contributed by atoms with E-state index in [-0.39, 0.29) is 0 Å². The normalized spacial score (nSPS) is 12.8. The van der Waals surface area contributed by atoms with Crippen LogP contribution in [-0.2, 0) is 0 Å². The van der Waals surface area contributed by atoms with Crippen LogP contribution in [0.4, 0.5) is 0 Å². The Hall–Kier alpha value is -8.48. The lowest BCUT2D eigenvalue weighted by Gasteiger charge is -2.14. The molecule has 0 radical (unpaired) electrons. The molecule has 0 bridgehead atoms. The molecule has 13 aromatic rings. The summed E-state index contributed by atoms with van der Waals surface area (Å²) < 4.78 is 4.53. The van der Waals surface area contributed by atoms with Crippen molar-refractivity contribution < 1.29 is 0 Å². The van der Waals surface area contributed by atoms with Gasteiger partial charge in [0.2, 0.25) is 11.9 Å². The third-order valence-corrected chi connectivity index (χ3v) is 14.0. The first-order valence-electron chi connectivity index (χ1n) is 21.2. The van der Waals surface area contributed by atoms with Gasteiger partial charge in [-0.1, -0.05) is 146 Å². The molecule has 0 spiro atoms. The maximum absolute atomic E-state index is 5.50. The average Bonchev–Trinajstić information content (AvgIpc) is 3.91. The van der Waals surface area contributed by atoms with Gasteiger partial charge in [0.05, 0.1) is 38.8 Å². The van der Waals surface area contributed by atoms with Crippen LogP contribution < -0.4 is 0 Å². The maximum Gasteiger partial charge on any atom is 0.237 e. The Morgan fingerprint density at radius 1 is 0.242 bits per heavy atom. The lowest BCUT2D eigenvalue weighted by atomic mass is 9.93. The predicted octanol–water partition coefficient (Wildman–Crippen LogP) is 13.9. The maximum atomic E-state index is 5.50. The zero-order chi connectivity index (χ0) is 39.9. The Morgan fingerprint density at radius 3 is 1.03 bits per heavy atom. The zero-order valence-electron chi connectivity index (χ0n) is 32.8. The van der Waals surface area contributed by atoms with Crippen LogP contribution in [0, 0.1) is 0 Å². The van der Waals surface area contributed by atoms with E-state index in [1.807, 2.05) is 0 Å². The van der Waals surface area contributed by atoms with E-state index in [0.717, 1.165) is 50.0 Å². The van der Waals surface area contributed by atoms with Crippen molar-refractivity contribution >= 4 is 76.2 Å². The number of nitrogens with zero attached hydrogens (tertiary/aromatic N) is 6. The van der Waals surface area contributed by atoms with Crippen LogP contribution in [-0.4, -0.2) is 29.1 Å². The van der Waals surface area contributed by atoms with Gasteiger partial charge in [0.15, 0.2) is 5.65 Å². The van der Waals surface area contributed by atoms with Gasteiger partial charge in [0.1, 0.15) is 0 Å². The van der Waals surface area contributed by atoms with Gasteiger partial charge in [-0.3, -0.25) is 9.13 Å². The Bertz CT molecular complexity index is 4010. The molecule has 0 aliphatic heterocycles. The first kappa shape index (κ1) is 31.4. The smallest absolute Gasteiger partial charge is 0.237 e. The molecule has 16 rings (SSSR count). The van der Waals surface area contributed by atoms with E-state index in [2.05, 4.69) is 179 Å². The number of rotatable bonds is 2. The summed E-state index contributed by atoms with van der Waals surface area (Å²) in [5.74, 6) is 1.18. The van der Waals surface area contributed by atoms with Gasteiger partial charge in [0, 0.05) is 32.7 Å². The van der Waals surface area contributed by atoms with E-state index >= 15 is 0 Å². The van der Waals surface area contributed by atoms with Crippen LogP contribution in [0.5, 0.6) is 0 Å². The number of fused-ring (bicyclic) bond motifs is 9. The SMILES string of the molecule is c1ccc2c(c1)-c1nc(-n3c4cccc5c4c4c6c(cccc6ccc43)-c3ccccc3-5)nc3nc(-n4c5cccc6c5c5c7c(cccc7ccc54)-c4ccccc4-6)nc-2c13. The summed E-state index contributed by atoms with van der Waals surface area (Å²) in [5, 5.41) is 10.7. The number of hydrogen-bond acceptors (Lipinski definition) is 4. The van der Waals surface area contributed by atoms with E-state index in [9.17, 15) is 0 Å². The van der Waals surface area contributed by atoms with Crippen molar-refractivity contribution in [3.63, 3.8) is 0 Å². The lowest BCUT2D eigenvalue weighted by Crippen LogP contribution is -2.07. The number of hydrogen-bond donors (Lipinski definition) is 0. The van der Waals surface area contributed by atoms with Crippen molar-refractivity contribution in [1.82, 2.24) is 29.1 Å². The standard InChI is InChI=1S/C56H28N6/c1-3-15-33-31(13-1)35-19-7-11-29-25-27-43-49(45(29)35)47-37(33)21-9-23-41(47)61(43)55-57-52-39-17-5-6-18-40(39)53-51(52)54(59-55)60-56(58-53)62-42-24-10-22-38-34-16-4-2-14-32(34)36-20-8-12-30-26-28-44(62)50(46(30)36)48(38)42/h1-28H. The molecule has 62 heavy (non-hydrogen) atoms. The van der Waals surface area contributed by atoms with Gasteiger partial charge < -0.3 is 0 Å². The van der Waals surface area contributed by atoms with Crippen LogP contribution in [0.15, 0.2) is 170 Å². The Kier molecular flexibility index (Phi) is 5.49. The molecular formula is C56H28N6. The third kappa shape index (κ3) is 3.62. The quantitative estimate of drug-likeness (QED) is 0.175. The second kappa shape index (κ2) is 10.8. The molecule has 3 aliphatic rings. The predicted molar refractivity (Wildman–Crippen MR) is 252 cm³/mol. The fourth-order valence-electron chi connectivity index (χ4n) is 11.6. The molecule has 4 aromatic heterocycles. The minimum absolute atomic E-state index is 0.591. The molecule has 6 nitrogen and oxygen atoms in total. The van der Waals surface area contributed by atoms with Gasteiger partial charge in [-0.25, -0.2) is 9.97 Å². The molecule has 6 heteroatoms. The van der Waals surface area contributed by atoms with E-state index in [4.69, 9.17) is 19.9 Å². The van der Waals surface area contributed by atoms with E-state index in [1.165, 1.54) is 87.6 Å². The molecule has 0 saturated carbocycles. The Labute approximate surface area is 352 Å². The summed E-state index contributed by atoms with van der Waals surface area (Å²) in [5.41, 5.74) is 18.6. The molecule has 0 atom stereocenters. The van der Waals surface area contributed by atoms with Gasteiger partial charge in [-0.05, 0) is 90.3 Å². The summed E-state index contributed by atoms with van der Waals surface area (Å²) in [6, 6.07) is 61.7. The fraction of sp³-hybridized carbons (Fsp3) is 0. The molecule has 0 saturated heterocycles. The van der Waals surface area contributed by atoms with Crippen LogP contribution in [0.1, 0.15) is 0 Å². The minimum atomic E-state index is 0.591. The summed E-state index contributed by atoms with van der Waals surface area (Å²) in [6.07, 6.45) is 0. The molecule has 3 aliphatic carbocycles. The fourth-order valence-corrected chi connectivity index (χ4v) is 11.6. The highest BCUT2D eigenvalue weighted by Gasteiger charge is 2.32. The van der Waals surface area contributed by atoms with Crippen molar-refractivity contribution in [2.45, 2.75) is 0 Å². The highest BCUT2D eigenvalue weighted by molar-refractivity contribution is 6.32. The van der Waals surface area contributed by atoms with Crippen molar-refractivity contribution in [1.29, 1.82) is 0 Å². The number of benzene rings is 9. The second-order valence-corrected chi connectivity index (χ2v) is 16.9. The van der Waals surface area contributed by atoms with Crippen LogP contribution in [0.25, 0.3) is 155 Å². The van der Waals surface area contributed by atoms with Gasteiger partial charge in [0.25, 0.3) is 0 Å². The van der Waals surface area contributed by atoms with Gasteiger partial charge in [-0.2, -0.15) is 9.97 Å². The molecule has 0 amide bonds. The van der Waals surface area contributed by atoms with E-state index in [1.54, 1.807) is 0 Å². The lowest BCUT2D eigenvalue weighted by molar-refractivity contribution is 0.976.